The van der Waals surface area contributed by atoms with E-state index in [1.54, 1.807) is 6.07 Å². The fourth-order valence-corrected chi connectivity index (χ4v) is 2.23. The molecule has 0 radical (unpaired) electrons. The Labute approximate surface area is 139 Å². The summed E-state index contributed by atoms with van der Waals surface area (Å²) in [4.78, 5) is 12.7. The predicted molar refractivity (Wildman–Crippen MR) is 87.9 cm³/mol. The van der Waals surface area contributed by atoms with Gasteiger partial charge in [0.15, 0.2) is 5.78 Å². The molecule has 1 N–H and O–H groups in total. The molecule has 0 aliphatic rings. The Morgan fingerprint density at radius 1 is 1.17 bits per heavy atom. The smallest absolute Gasteiger partial charge is 0.387 e. The molecule has 0 saturated heterocycles. The number of hydrogen-bond donors (Lipinski definition) is 1. The van der Waals surface area contributed by atoms with Crippen molar-refractivity contribution in [3.05, 3.63) is 59.7 Å². The number of alkyl halides is 2. The largest absolute Gasteiger partial charge is 0.435 e. The molecule has 24 heavy (non-hydrogen) atoms. The zero-order chi connectivity index (χ0) is 17.5. The van der Waals surface area contributed by atoms with Crippen LogP contribution in [0.5, 0.6) is 5.75 Å². The first-order valence-electron chi connectivity index (χ1n) is 7.41. The van der Waals surface area contributed by atoms with Crippen molar-refractivity contribution < 1.29 is 23.0 Å². The molecule has 0 heterocycles. The van der Waals surface area contributed by atoms with Gasteiger partial charge < -0.3 is 14.8 Å². The molecule has 2 rings (SSSR count). The van der Waals surface area contributed by atoms with Gasteiger partial charge in [0.05, 0.1) is 6.61 Å². The molecule has 0 aromatic heterocycles. The van der Waals surface area contributed by atoms with Gasteiger partial charge in [-0.2, -0.15) is 8.78 Å². The number of rotatable bonds is 8. The standard InChI is InChI=1S/C18H19F2NO3/c1-12-6-8-14(9-7-12)21-16(11-23-2)17(22)13-4-3-5-15(10-13)24-18(19)20/h3-10,16,18,21H,11H2,1-2H3. The van der Waals surface area contributed by atoms with Gasteiger partial charge in [0.1, 0.15) is 11.8 Å². The van der Waals surface area contributed by atoms with Crippen LogP contribution in [0.25, 0.3) is 0 Å². The first kappa shape index (κ1) is 17.9. The van der Waals surface area contributed by atoms with E-state index in [4.69, 9.17) is 4.74 Å². The summed E-state index contributed by atoms with van der Waals surface area (Å²) in [6.45, 7) is -0.821. The number of halogens is 2. The summed E-state index contributed by atoms with van der Waals surface area (Å²) in [5.74, 6) is -0.320. The van der Waals surface area contributed by atoms with Crippen LogP contribution >= 0.6 is 0 Å². The van der Waals surface area contributed by atoms with Crippen molar-refractivity contribution in [2.45, 2.75) is 19.6 Å². The lowest BCUT2D eigenvalue weighted by atomic mass is 10.0. The molecule has 4 nitrogen and oxygen atoms in total. The van der Waals surface area contributed by atoms with E-state index in [0.717, 1.165) is 11.3 Å². The van der Waals surface area contributed by atoms with E-state index in [1.165, 1.54) is 25.3 Å². The number of aryl methyl sites for hydroxylation is 1. The molecule has 0 bridgehead atoms. The Morgan fingerprint density at radius 2 is 1.88 bits per heavy atom. The van der Waals surface area contributed by atoms with Crippen LogP contribution in [0.2, 0.25) is 0 Å². The first-order chi connectivity index (χ1) is 11.5. The van der Waals surface area contributed by atoms with E-state index < -0.39 is 12.7 Å². The zero-order valence-electron chi connectivity index (χ0n) is 13.5. The minimum absolute atomic E-state index is 0.0534. The Morgan fingerprint density at radius 3 is 2.50 bits per heavy atom. The van der Waals surface area contributed by atoms with Gasteiger partial charge in [-0.1, -0.05) is 29.8 Å². The van der Waals surface area contributed by atoms with Gasteiger partial charge in [0, 0.05) is 18.4 Å². The maximum atomic E-state index is 12.7. The highest BCUT2D eigenvalue weighted by molar-refractivity contribution is 6.02. The van der Waals surface area contributed by atoms with Crippen LogP contribution in [0.15, 0.2) is 48.5 Å². The Balaban J connectivity index is 2.17. The van der Waals surface area contributed by atoms with Crippen LogP contribution in [0.1, 0.15) is 15.9 Å². The fourth-order valence-electron chi connectivity index (χ4n) is 2.23. The predicted octanol–water partition coefficient (Wildman–Crippen LogP) is 3.91. The lowest BCUT2D eigenvalue weighted by Crippen LogP contribution is -2.34. The molecule has 0 amide bonds. The molecule has 128 valence electrons. The van der Waals surface area contributed by atoms with Gasteiger partial charge in [-0.05, 0) is 31.2 Å². The van der Waals surface area contributed by atoms with Crippen molar-refractivity contribution in [3.63, 3.8) is 0 Å². The third-order valence-corrected chi connectivity index (χ3v) is 3.39. The SMILES string of the molecule is COCC(Nc1ccc(C)cc1)C(=O)c1cccc(OC(F)F)c1. The molecule has 0 aliphatic heterocycles. The summed E-state index contributed by atoms with van der Waals surface area (Å²) >= 11 is 0. The van der Waals surface area contributed by atoms with E-state index in [2.05, 4.69) is 10.1 Å². The number of ether oxygens (including phenoxy) is 2. The normalized spacial score (nSPS) is 12.0. The average Bonchev–Trinajstić information content (AvgIpc) is 2.55. The van der Waals surface area contributed by atoms with Gasteiger partial charge in [-0.25, -0.2) is 0 Å². The Kier molecular flexibility index (Phi) is 6.26. The number of benzene rings is 2. The topological polar surface area (TPSA) is 47.6 Å². The molecule has 1 unspecified atom stereocenters. The summed E-state index contributed by atoms with van der Waals surface area (Å²) in [7, 11) is 1.49. The van der Waals surface area contributed by atoms with Gasteiger partial charge >= 0.3 is 6.61 Å². The minimum Gasteiger partial charge on any atom is -0.435 e. The minimum atomic E-state index is -2.93. The molecule has 0 aliphatic carbocycles. The zero-order valence-corrected chi connectivity index (χ0v) is 13.5. The number of carbonyl (C=O) groups excluding carboxylic acids is 1. The van der Waals surface area contributed by atoms with Gasteiger partial charge in [-0.15, -0.1) is 0 Å². The number of nitrogens with one attached hydrogen (secondary N) is 1. The third-order valence-electron chi connectivity index (χ3n) is 3.39. The highest BCUT2D eigenvalue weighted by Crippen LogP contribution is 2.19. The molecule has 6 heteroatoms. The van der Waals surface area contributed by atoms with E-state index in [-0.39, 0.29) is 23.7 Å². The summed E-state index contributed by atoms with van der Waals surface area (Å²) in [6, 6.07) is 12.7. The van der Waals surface area contributed by atoms with Crippen molar-refractivity contribution in [3.8, 4) is 5.75 Å². The van der Waals surface area contributed by atoms with Crippen LogP contribution in [0, 0.1) is 6.92 Å². The lowest BCUT2D eigenvalue weighted by molar-refractivity contribution is -0.0498. The molecular formula is C18H19F2NO3. The lowest BCUT2D eigenvalue weighted by Gasteiger charge is -2.18. The van der Waals surface area contributed by atoms with Crippen LogP contribution < -0.4 is 10.1 Å². The fraction of sp³-hybridized carbons (Fsp3) is 0.278. The molecule has 1 atom stereocenters. The number of Topliss-reactive ketones (excluding diaryl/α,β-unsaturated/α-hetero) is 1. The van der Waals surface area contributed by atoms with Crippen LogP contribution in [0.3, 0.4) is 0 Å². The van der Waals surface area contributed by atoms with Gasteiger partial charge in [0.2, 0.25) is 0 Å². The first-order valence-corrected chi connectivity index (χ1v) is 7.41. The number of ketones is 1. The maximum Gasteiger partial charge on any atom is 0.387 e. The number of anilines is 1. The summed E-state index contributed by atoms with van der Waals surface area (Å²) in [5.41, 5.74) is 2.15. The van der Waals surface area contributed by atoms with E-state index in [0.29, 0.717) is 0 Å². The van der Waals surface area contributed by atoms with Crippen LogP contribution in [-0.4, -0.2) is 32.2 Å². The molecule has 0 fully saturated rings. The van der Waals surface area contributed by atoms with E-state index in [9.17, 15) is 13.6 Å². The third kappa shape index (κ3) is 5.03. The highest BCUT2D eigenvalue weighted by atomic mass is 19.3. The second-order valence-electron chi connectivity index (χ2n) is 5.29. The number of carbonyl (C=O) groups is 1. The second-order valence-corrected chi connectivity index (χ2v) is 5.29. The molecule has 0 saturated carbocycles. The van der Waals surface area contributed by atoms with Crippen molar-refractivity contribution in [2.75, 3.05) is 19.0 Å². The van der Waals surface area contributed by atoms with Gasteiger partial charge in [-0.3, -0.25) is 4.79 Å². The maximum absolute atomic E-state index is 12.7. The van der Waals surface area contributed by atoms with Crippen molar-refractivity contribution in [1.29, 1.82) is 0 Å². The van der Waals surface area contributed by atoms with E-state index >= 15 is 0 Å². The molecule has 2 aromatic carbocycles. The average molecular weight is 335 g/mol. The van der Waals surface area contributed by atoms with Crippen molar-refractivity contribution in [1.82, 2.24) is 0 Å². The van der Waals surface area contributed by atoms with Crippen molar-refractivity contribution >= 4 is 11.5 Å². The number of hydrogen-bond acceptors (Lipinski definition) is 4. The Bertz CT molecular complexity index is 674. The van der Waals surface area contributed by atoms with Gasteiger partial charge in [0.25, 0.3) is 0 Å². The summed E-state index contributed by atoms with van der Waals surface area (Å²) in [6.07, 6.45) is 0. The summed E-state index contributed by atoms with van der Waals surface area (Å²) in [5, 5.41) is 3.10. The number of methoxy groups -OCH3 is 1. The van der Waals surface area contributed by atoms with E-state index in [1.807, 2.05) is 31.2 Å². The van der Waals surface area contributed by atoms with Crippen molar-refractivity contribution in [2.24, 2.45) is 0 Å². The highest BCUT2D eigenvalue weighted by Gasteiger charge is 2.21. The molecular weight excluding hydrogens is 316 g/mol. The molecule has 0 spiro atoms. The van der Waals surface area contributed by atoms with Crippen LogP contribution in [0.4, 0.5) is 14.5 Å². The quantitative estimate of drug-likeness (QED) is 0.743. The molecule has 2 aromatic rings. The second kappa shape index (κ2) is 8.40. The monoisotopic (exact) mass is 335 g/mol. The summed E-state index contributed by atoms with van der Waals surface area (Å²) < 4.78 is 34.1. The van der Waals surface area contributed by atoms with Crippen LogP contribution in [-0.2, 0) is 4.74 Å². The Hall–Kier alpha value is -2.47.